The molecule has 2 aromatic rings. The average Bonchev–Trinajstić information content (AvgIpc) is 3.07. The van der Waals surface area contributed by atoms with Gasteiger partial charge < -0.3 is 8.94 Å². The topological polar surface area (TPSA) is 52.1 Å². The summed E-state index contributed by atoms with van der Waals surface area (Å²) in [6.07, 6.45) is 3.08. The molecule has 2 rings (SSSR count). The van der Waals surface area contributed by atoms with Crippen molar-refractivity contribution in [2.24, 2.45) is 0 Å². The highest BCUT2D eigenvalue weighted by atomic mass is 16.5. The van der Waals surface area contributed by atoms with Crippen molar-refractivity contribution in [1.82, 2.24) is 10.1 Å². The first kappa shape index (κ1) is 23.5. The van der Waals surface area contributed by atoms with Crippen LogP contribution in [-0.2, 0) is 0 Å². The molecule has 0 radical (unpaired) electrons. The number of hydrogen-bond acceptors (Lipinski definition) is 4. The van der Waals surface area contributed by atoms with Crippen molar-refractivity contribution in [3.8, 4) is 0 Å². The molecule has 0 bridgehead atoms. The molecule has 0 fully saturated rings. The first-order chi connectivity index (χ1) is 9.61. The SMILES string of the molecule is CC.CC.CC.Cc1conc1C.Cc1ncoc1C. The highest BCUT2D eigenvalue weighted by Gasteiger charge is 1.91. The Morgan fingerprint density at radius 3 is 1.40 bits per heavy atom. The second kappa shape index (κ2) is 17.4. The molecule has 0 amide bonds. The molecule has 2 aromatic heterocycles. The molecule has 0 aliphatic rings. The molecule has 0 aliphatic heterocycles. The van der Waals surface area contributed by atoms with Crippen molar-refractivity contribution < 1.29 is 8.94 Å². The molecule has 0 aliphatic carbocycles. The van der Waals surface area contributed by atoms with Crippen LogP contribution in [0.5, 0.6) is 0 Å². The Hall–Kier alpha value is -1.58. The van der Waals surface area contributed by atoms with Gasteiger partial charge in [-0.05, 0) is 27.7 Å². The summed E-state index contributed by atoms with van der Waals surface area (Å²) in [5, 5.41) is 3.64. The fraction of sp³-hybridized carbons (Fsp3) is 0.625. The molecule has 0 unspecified atom stereocenters. The van der Waals surface area contributed by atoms with Gasteiger partial charge in [0.2, 0.25) is 0 Å². The molecule has 0 aromatic carbocycles. The van der Waals surface area contributed by atoms with E-state index in [4.69, 9.17) is 4.42 Å². The molecule has 0 N–H and O–H groups in total. The Kier molecular flexibility index (Phi) is 20.5. The Morgan fingerprint density at radius 1 is 0.800 bits per heavy atom. The zero-order valence-electron chi connectivity index (χ0n) is 14.9. The van der Waals surface area contributed by atoms with Crippen molar-refractivity contribution in [3.63, 3.8) is 0 Å². The van der Waals surface area contributed by atoms with Gasteiger partial charge in [0.15, 0.2) is 6.39 Å². The highest BCUT2D eigenvalue weighted by molar-refractivity contribution is 5.08. The van der Waals surface area contributed by atoms with Crippen molar-refractivity contribution in [3.05, 3.63) is 35.4 Å². The molecular weight excluding hydrogens is 252 g/mol. The van der Waals surface area contributed by atoms with Gasteiger partial charge in [0.1, 0.15) is 12.0 Å². The normalized spacial score (nSPS) is 7.50. The molecule has 2 heterocycles. The zero-order valence-corrected chi connectivity index (χ0v) is 14.9. The van der Waals surface area contributed by atoms with E-state index in [0.29, 0.717) is 0 Å². The van der Waals surface area contributed by atoms with Crippen LogP contribution in [0.4, 0.5) is 0 Å². The summed E-state index contributed by atoms with van der Waals surface area (Å²) < 4.78 is 9.45. The van der Waals surface area contributed by atoms with Gasteiger partial charge in [0.05, 0.1) is 11.4 Å². The minimum Gasteiger partial charge on any atom is -0.449 e. The third-order valence-electron chi connectivity index (χ3n) is 1.98. The first-order valence-electron chi connectivity index (χ1n) is 7.35. The van der Waals surface area contributed by atoms with Crippen LogP contribution in [0, 0.1) is 27.7 Å². The Labute approximate surface area is 124 Å². The predicted molar refractivity (Wildman–Crippen MR) is 86.0 cm³/mol. The summed E-state index contributed by atoms with van der Waals surface area (Å²) in [6, 6.07) is 0. The summed E-state index contributed by atoms with van der Waals surface area (Å²) in [4.78, 5) is 3.85. The lowest BCUT2D eigenvalue weighted by Crippen LogP contribution is -1.69. The number of hydrogen-bond donors (Lipinski definition) is 0. The number of aromatic nitrogens is 2. The maximum Gasteiger partial charge on any atom is 0.181 e. The second-order valence-electron chi connectivity index (χ2n) is 3.08. The van der Waals surface area contributed by atoms with Gasteiger partial charge in [0.25, 0.3) is 0 Å². The zero-order chi connectivity index (χ0) is 16.6. The van der Waals surface area contributed by atoms with Crippen LogP contribution in [0.15, 0.2) is 21.6 Å². The van der Waals surface area contributed by atoms with Crippen molar-refractivity contribution in [1.29, 1.82) is 0 Å². The largest absolute Gasteiger partial charge is 0.449 e. The van der Waals surface area contributed by atoms with Gasteiger partial charge in [-0.3, -0.25) is 0 Å². The van der Waals surface area contributed by atoms with Gasteiger partial charge in [-0.25, -0.2) is 4.98 Å². The van der Waals surface area contributed by atoms with Crippen LogP contribution >= 0.6 is 0 Å². The Balaban J connectivity index is -0.000000211. The lowest BCUT2D eigenvalue weighted by molar-refractivity contribution is 0.414. The molecule has 0 atom stereocenters. The fourth-order valence-electron chi connectivity index (χ4n) is 0.702. The van der Waals surface area contributed by atoms with E-state index < -0.39 is 0 Å². The van der Waals surface area contributed by atoms with Gasteiger partial charge in [-0.1, -0.05) is 46.7 Å². The van der Waals surface area contributed by atoms with Crippen LogP contribution in [0.25, 0.3) is 0 Å². The number of oxazole rings is 1. The Morgan fingerprint density at radius 2 is 1.30 bits per heavy atom. The monoisotopic (exact) mass is 284 g/mol. The van der Waals surface area contributed by atoms with Crippen LogP contribution in [0.2, 0.25) is 0 Å². The van der Waals surface area contributed by atoms with E-state index in [-0.39, 0.29) is 0 Å². The van der Waals surface area contributed by atoms with E-state index in [9.17, 15) is 0 Å². The fourth-order valence-corrected chi connectivity index (χ4v) is 0.702. The maximum absolute atomic E-state index is 4.85. The molecule has 0 saturated carbocycles. The smallest absolute Gasteiger partial charge is 0.181 e. The maximum atomic E-state index is 4.85. The van der Waals surface area contributed by atoms with Crippen LogP contribution in [0.3, 0.4) is 0 Å². The van der Waals surface area contributed by atoms with Gasteiger partial charge in [-0.15, -0.1) is 0 Å². The van der Waals surface area contributed by atoms with E-state index in [1.54, 1.807) is 6.26 Å². The standard InChI is InChI=1S/2C5H7NO.3C2H6/c1-4-5(2)7-3-6-4;1-4-3-7-6-5(4)2;3*1-2/h2*3H,1-2H3;3*1-2H3. The van der Waals surface area contributed by atoms with Crippen molar-refractivity contribution in [2.75, 3.05) is 0 Å². The summed E-state index contributed by atoms with van der Waals surface area (Å²) in [6.45, 7) is 19.7. The van der Waals surface area contributed by atoms with Crippen molar-refractivity contribution in [2.45, 2.75) is 69.2 Å². The van der Waals surface area contributed by atoms with Crippen LogP contribution in [-0.4, -0.2) is 10.1 Å². The molecular formula is C16H32N2O2. The predicted octanol–water partition coefficient (Wildman–Crippen LogP) is 5.66. The summed E-state index contributed by atoms with van der Waals surface area (Å²) in [5.41, 5.74) is 3.06. The second-order valence-corrected chi connectivity index (χ2v) is 3.08. The number of rotatable bonds is 0. The molecule has 4 nitrogen and oxygen atoms in total. The lowest BCUT2D eigenvalue weighted by atomic mass is 10.3. The molecule has 118 valence electrons. The third kappa shape index (κ3) is 11.5. The lowest BCUT2D eigenvalue weighted by Gasteiger charge is -1.76. The Bertz CT molecular complexity index is 321. The van der Waals surface area contributed by atoms with Gasteiger partial charge in [0, 0.05) is 5.56 Å². The van der Waals surface area contributed by atoms with E-state index in [0.717, 1.165) is 22.7 Å². The quantitative estimate of drug-likeness (QED) is 0.626. The average molecular weight is 284 g/mol. The third-order valence-corrected chi connectivity index (χ3v) is 1.98. The van der Waals surface area contributed by atoms with E-state index in [1.165, 1.54) is 6.39 Å². The molecule has 0 spiro atoms. The summed E-state index contributed by atoms with van der Waals surface area (Å²) in [7, 11) is 0. The minimum absolute atomic E-state index is 0.903. The van der Waals surface area contributed by atoms with E-state index in [2.05, 4.69) is 14.7 Å². The molecule has 20 heavy (non-hydrogen) atoms. The first-order valence-corrected chi connectivity index (χ1v) is 7.35. The molecule has 4 heteroatoms. The van der Waals surface area contributed by atoms with Crippen LogP contribution < -0.4 is 0 Å². The van der Waals surface area contributed by atoms with E-state index in [1.807, 2.05) is 69.2 Å². The summed E-state index contributed by atoms with van der Waals surface area (Å²) in [5.74, 6) is 0.903. The van der Waals surface area contributed by atoms with E-state index >= 15 is 0 Å². The molecule has 0 saturated heterocycles. The van der Waals surface area contributed by atoms with Gasteiger partial charge in [-0.2, -0.15) is 0 Å². The number of nitrogens with zero attached hydrogens (tertiary/aromatic N) is 2. The van der Waals surface area contributed by atoms with Gasteiger partial charge >= 0.3 is 0 Å². The highest BCUT2D eigenvalue weighted by Crippen LogP contribution is 2.00. The number of aryl methyl sites for hydroxylation is 4. The minimum atomic E-state index is 0.903. The van der Waals surface area contributed by atoms with Crippen LogP contribution in [0.1, 0.15) is 64.3 Å². The van der Waals surface area contributed by atoms with Crippen molar-refractivity contribution >= 4 is 0 Å². The summed E-state index contributed by atoms with van der Waals surface area (Å²) >= 11 is 0.